The van der Waals surface area contributed by atoms with Gasteiger partial charge < -0.3 is 15.8 Å². The largest absolute Gasteiger partial charge is 0.492 e. The van der Waals surface area contributed by atoms with Crippen LogP contribution in [0, 0.1) is 6.92 Å². The number of aryl methyl sites for hydroxylation is 1. The van der Waals surface area contributed by atoms with E-state index in [9.17, 15) is 4.79 Å². The Hall–Kier alpha value is -1.55. The first-order valence-corrected chi connectivity index (χ1v) is 7.39. The predicted octanol–water partition coefficient (Wildman–Crippen LogP) is 2.99. The molecule has 0 aliphatic heterocycles. The molecule has 4 nitrogen and oxygen atoms in total. The molecular weight excluding hydrogens is 252 g/mol. The number of benzene rings is 1. The third-order valence-corrected chi connectivity index (χ3v) is 3.88. The van der Waals surface area contributed by atoms with E-state index in [-0.39, 0.29) is 5.91 Å². The van der Waals surface area contributed by atoms with Crippen molar-refractivity contribution in [3.05, 3.63) is 23.8 Å². The van der Waals surface area contributed by atoms with E-state index >= 15 is 0 Å². The standard InChI is InChI=1S/C16H24N2O2/c1-3-20-14-11-12(2)7-8-13(14)18-15(19)16(17)9-5-4-6-10-16/h7-8,11H,3-6,9-10,17H2,1-2H3,(H,18,19). The summed E-state index contributed by atoms with van der Waals surface area (Å²) in [4.78, 5) is 12.4. The Kier molecular flexibility index (Phi) is 4.65. The minimum absolute atomic E-state index is 0.0954. The summed E-state index contributed by atoms with van der Waals surface area (Å²) in [6.07, 6.45) is 4.73. The molecule has 1 aromatic rings. The third-order valence-electron chi connectivity index (χ3n) is 3.88. The van der Waals surface area contributed by atoms with Gasteiger partial charge in [0.1, 0.15) is 5.75 Å². The maximum atomic E-state index is 12.4. The number of hydrogen-bond donors (Lipinski definition) is 2. The zero-order chi connectivity index (χ0) is 14.6. The van der Waals surface area contributed by atoms with Gasteiger partial charge in [-0.25, -0.2) is 0 Å². The second-order valence-electron chi connectivity index (χ2n) is 5.60. The smallest absolute Gasteiger partial charge is 0.244 e. The average molecular weight is 276 g/mol. The van der Waals surface area contributed by atoms with Crippen LogP contribution < -0.4 is 15.8 Å². The molecule has 4 heteroatoms. The number of nitrogens with two attached hydrogens (primary N) is 1. The first kappa shape index (κ1) is 14.9. The summed E-state index contributed by atoms with van der Waals surface area (Å²) in [6.45, 7) is 4.50. The predicted molar refractivity (Wildman–Crippen MR) is 81.0 cm³/mol. The summed E-state index contributed by atoms with van der Waals surface area (Å²) in [7, 11) is 0. The Morgan fingerprint density at radius 1 is 1.35 bits per heavy atom. The lowest BCUT2D eigenvalue weighted by atomic mass is 9.82. The van der Waals surface area contributed by atoms with E-state index in [4.69, 9.17) is 10.5 Å². The van der Waals surface area contributed by atoms with Gasteiger partial charge in [-0.05, 0) is 44.4 Å². The number of rotatable bonds is 4. The molecule has 0 saturated heterocycles. The van der Waals surface area contributed by atoms with Crippen molar-refractivity contribution in [1.29, 1.82) is 0 Å². The quantitative estimate of drug-likeness (QED) is 0.888. The summed E-state index contributed by atoms with van der Waals surface area (Å²) in [6, 6.07) is 5.77. The number of hydrogen-bond acceptors (Lipinski definition) is 3. The van der Waals surface area contributed by atoms with E-state index in [0.717, 1.165) is 31.2 Å². The summed E-state index contributed by atoms with van der Waals surface area (Å²) in [5, 5.41) is 2.94. The van der Waals surface area contributed by atoms with E-state index in [1.165, 1.54) is 6.42 Å². The van der Waals surface area contributed by atoms with Crippen LogP contribution in [0.25, 0.3) is 0 Å². The van der Waals surface area contributed by atoms with Crippen LogP contribution in [-0.2, 0) is 4.79 Å². The van der Waals surface area contributed by atoms with Crippen molar-refractivity contribution in [1.82, 2.24) is 0 Å². The summed E-state index contributed by atoms with van der Waals surface area (Å²) in [5.41, 5.74) is 7.33. The molecule has 0 unspecified atom stereocenters. The summed E-state index contributed by atoms with van der Waals surface area (Å²) >= 11 is 0. The van der Waals surface area contributed by atoms with Crippen LogP contribution in [0.3, 0.4) is 0 Å². The van der Waals surface area contributed by atoms with Crippen LogP contribution in [0.2, 0.25) is 0 Å². The van der Waals surface area contributed by atoms with Crippen molar-refractivity contribution in [3.8, 4) is 5.75 Å². The number of nitrogens with one attached hydrogen (secondary N) is 1. The van der Waals surface area contributed by atoms with Crippen LogP contribution in [0.4, 0.5) is 5.69 Å². The van der Waals surface area contributed by atoms with Crippen molar-refractivity contribution < 1.29 is 9.53 Å². The Balaban J connectivity index is 2.14. The van der Waals surface area contributed by atoms with Crippen molar-refractivity contribution in [3.63, 3.8) is 0 Å². The number of carbonyl (C=O) groups excluding carboxylic acids is 1. The molecule has 0 aromatic heterocycles. The topological polar surface area (TPSA) is 64.3 Å². The van der Waals surface area contributed by atoms with Crippen molar-refractivity contribution in [2.45, 2.75) is 51.5 Å². The zero-order valence-electron chi connectivity index (χ0n) is 12.4. The highest BCUT2D eigenvalue weighted by Crippen LogP contribution is 2.30. The fourth-order valence-corrected chi connectivity index (χ4v) is 2.66. The van der Waals surface area contributed by atoms with Crippen molar-refractivity contribution in [2.24, 2.45) is 5.73 Å². The fraction of sp³-hybridized carbons (Fsp3) is 0.562. The zero-order valence-corrected chi connectivity index (χ0v) is 12.4. The van der Waals surface area contributed by atoms with Gasteiger partial charge in [0.05, 0.1) is 17.8 Å². The van der Waals surface area contributed by atoms with Gasteiger partial charge in [-0.15, -0.1) is 0 Å². The number of carbonyl (C=O) groups is 1. The molecule has 1 aliphatic carbocycles. The minimum Gasteiger partial charge on any atom is -0.492 e. The summed E-state index contributed by atoms with van der Waals surface area (Å²) in [5.74, 6) is 0.613. The van der Waals surface area contributed by atoms with E-state index in [1.807, 2.05) is 32.0 Å². The Morgan fingerprint density at radius 3 is 2.70 bits per heavy atom. The molecule has 1 saturated carbocycles. The highest BCUT2D eigenvalue weighted by Gasteiger charge is 2.35. The maximum absolute atomic E-state index is 12.4. The van der Waals surface area contributed by atoms with Gasteiger partial charge >= 0.3 is 0 Å². The van der Waals surface area contributed by atoms with Crippen LogP contribution in [-0.4, -0.2) is 18.1 Å². The molecule has 1 aromatic carbocycles. The minimum atomic E-state index is -0.730. The fourth-order valence-electron chi connectivity index (χ4n) is 2.66. The van der Waals surface area contributed by atoms with Crippen LogP contribution in [0.1, 0.15) is 44.6 Å². The average Bonchev–Trinajstić information content (AvgIpc) is 2.43. The van der Waals surface area contributed by atoms with E-state index in [1.54, 1.807) is 0 Å². The van der Waals surface area contributed by atoms with E-state index in [0.29, 0.717) is 18.0 Å². The Labute approximate surface area is 120 Å². The van der Waals surface area contributed by atoms with Crippen LogP contribution in [0.15, 0.2) is 18.2 Å². The van der Waals surface area contributed by atoms with Crippen LogP contribution >= 0.6 is 0 Å². The first-order chi connectivity index (χ1) is 9.55. The normalized spacial score (nSPS) is 17.6. The van der Waals surface area contributed by atoms with Gasteiger partial charge in [0.15, 0.2) is 0 Å². The molecule has 1 fully saturated rings. The van der Waals surface area contributed by atoms with Crippen molar-refractivity contribution >= 4 is 11.6 Å². The molecule has 2 rings (SSSR count). The molecular formula is C16H24N2O2. The molecule has 0 radical (unpaired) electrons. The molecule has 3 N–H and O–H groups in total. The van der Waals surface area contributed by atoms with Gasteiger partial charge in [-0.3, -0.25) is 4.79 Å². The summed E-state index contributed by atoms with van der Waals surface area (Å²) < 4.78 is 5.58. The molecule has 0 spiro atoms. The number of ether oxygens (including phenoxy) is 1. The SMILES string of the molecule is CCOc1cc(C)ccc1NC(=O)C1(N)CCCCC1. The molecule has 0 atom stereocenters. The molecule has 0 bridgehead atoms. The monoisotopic (exact) mass is 276 g/mol. The van der Waals surface area contributed by atoms with Gasteiger partial charge in [-0.2, -0.15) is 0 Å². The van der Waals surface area contributed by atoms with E-state index < -0.39 is 5.54 Å². The van der Waals surface area contributed by atoms with E-state index in [2.05, 4.69) is 5.32 Å². The maximum Gasteiger partial charge on any atom is 0.244 e. The Bertz CT molecular complexity index is 479. The molecule has 20 heavy (non-hydrogen) atoms. The number of amides is 1. The molecule has 1 amide bonds. The lowest BCUT2D eigenvalue weighted by Crippen LogP contribution is -2.52. The van der Waals surface area contributed by atoms with Gasteiger partial charge in [0.2, 0.25) is 5.91 Å². The van der Waals surface area contributed by atoms with Gasteiger partial charge in [-0.1, -0.05) is 25.3 Å². The van der Waals surface area contributed by atoms with Crippen LogP contribution in [0.5, 0.6) is 5.75 Å². The third kappa shape index (κ3) is 3.31. The molecule has 0 heterocycles. The highest BCUT2D eigenvalue weighted by molar-refractivity contribution is 5.99. The van der Waals surface area contributed by atoms with Gasteiger partial charge in [0.25, 0.3) is 0 Å². The lowest BCUT2D eigenvalue weighted by Gasteiger charge is -2.32. The van der Waals surface area contributed by atoms with Crippen molar-refractivity contribution in [2.75, 3.05) is 11.9 Å². The second-order valence-corrected chi connectivity index (χ2v) is 5.60. The lowest BCUT2D eigenvalue weighted by molar-refractivity contribution is -0.122. The highest BCUT2D eigenvalue weighted by atomic mass is 16.5. The first-order valence-electron chi connectivity index (χ1n) is 7.39. The molecule has 110 valence electrons. The van der Waals surface area contributed by atoms with Gasteiger partial charge in [0, 0.05) is 0 Å². The number of anilines is 1. The Morgan fingerprint density at radius 2 is 2.05 bits per heavy atom. The second kappa shape index (κ2) is 6.27. The molecule has 1 aliphatic rings.